The van der Waals surface area contributed by atoms with Gasteiger partial charge in [0.15, 0.2) is 5.78 Å². The molecule has 18 heteroatoms. The monoisotopic (exact) mass is 646 g/mol. The second-order valence-electron chi connectivity index (χ2n) is 11.2. The average molecular weight is 647 g/mol. The van der Waals surface area contributed by atoms with Crippen LogP contribution < -0.4 is 0 Å². The van der Waals surface area contributed by atoms with Gasteiger partial charge in [0.1, 0.15) is 22.9 Å². The highest BCUT2D eigenvalue weighted by Gasteiger charge is 2.49. The molecule has 2 heterocycles. The summed E-state index contributed by atoms with van der Waals surface area (Å²) in [4.78, 5) is 61.0. The molecule has 0 aromatic rings. The Morgan fingerprint density at radius 2 is 1.30 bits per heavy atom. The van der Waals surface area contributed by atoms with Crippen LogP contribution in [0.3, 0.4) is 0 Å². The molecule has 14 nitrogen and oxygen atoms in total. The minimum absolute atomic E-state index is 0.0282. The number of likely N-dealkylation sites (tertiary alicyclic amines) is 1. The molecule has 2 rings (SSSR count). The number of alkyl halides is 3. The molecule has 0 aromatic heterocycles. The van der Waals surface area contributed by atoms with E-state index in [9.17, 15) is 45.6 Å². The molecule has 0 aliphatic carbocycles. The maximum absolute atomic E-state index is 12.5. The molecule has 1 unspecified atom stereocenters. The number of nitrogens with zero attached hydrogens (tertiary/aromatic N) is 2. The summed E-state index contributed by atoms with van der Waals surface area (Å²) in [6, 6.07) is 0. The predicted octanol–water partition coefficient (Wildman–Crippen LogP) is 2.91. The fraction of sp³-hybridized carbons (Fsp3) is 0.720. The van der Waals surface area contributed by atoms with Crippen molar-refractivity contribution in [2.75, 3.05) is 40.4 Å². The summed E-state index contributed by atoms with van der Waals surface area (Å²) in [5.41, 5.74) is -7.58. The number of Topliss-reactive ketones (excluding diaryl/α,β-unsaturated/α-hetero) is 1. The first-order valence-corrected chi connectivity index (χ1v) is 14.2. The highest BCUT2D eigenvalue weighted by Crippen LogP contribution is 2.31. The van der Waals surface area contributed by atoms with Gasteiger partial charge in [0, 0.05) is 32.5 Å². The Balaban J connectivity index is 0.000000453. The van der Waals surface area contributed by atoms with Gasteiger partial charge >= 0.3 is 39.8 Å². The Morgan fingerprint density at radius 3 is 1.74 bits per heavy atom. The standard InChI is InChI=1S/C13H18F3NO7S.C12H19NO5/c1-12(2,3)23-11(19)17-6-5-9(8(7-17)10(18)22-4)24-25(20,21)13(14,15)16;1-12(2,3)18-11(16)13-6-5-9(14)8(7-13)10(15)17-4/h5-7H2,1-4H3;8H,5-7H2,1-4H3. The van der Waals surface area contributed by atoms with Crippen LogP contribution in [0.2, 0.25) is 0 Å². The van der Waals surface area contributed by atoms with Crippen molar-refractivity contribution in [2.45, 2.75) is 71.1 Å². The molecular formula is C25H37F3N2O12S. The maximum atomic E-state index is 12.5. The van der Waals surface area contributed by atoms with E-state index in [1.807, 2.05) is 0 Å². The van der Waals surface area contributed by atoms with E-state index in [0.29, 0.717) is 0 Å². The Bertz CT molecular complexity index is 1210. The van der Waals surface area contributed by atoms with Crippen LogP contribution in [0.15, 0.2) is 11.3 Å². The minimum atomic E-state index is -5.94. The molecule has 0 bridgehead atoms. The van der Waals surface area contributed by atoms with Crippen molar-refractivity contribution >= 4 is 40.0 Å². The van der Waals surface area contributed by atoms with E-state index in [0.717, 1.165) is 12.0 Å². The molecule has 0 aromatic carbocycles. The number of esters is 2. The second kappa shape index (κ2) is 14.3. The summed E-state index contributed by atoms with van der Waals surface area (Å²) in [5.74, 6) is -3.52. The van der Waals surface area contributed by atoms with Crippen LogP contribution in [0.25, 0.3) is 0 Å². The van der Waals surface area contributed by atoms with Crippen LogP contribution in [0, 0.1) is 5.92 Å². The SMILES string of the molecule is COC(=O)C1=C(OS(=O)(=O)C(F)(F)F)CCN(C(=O)OC(C)(C)C)C1.COC(=O)C1CN(C(=O)OC(C)(C)C)CCC1=O. The van der Waals surface area contributed by atoms with Crippen molar-refractivity contribution in [2.24, 2.45) is 5.92 Å². The van der Waals surface area contributed by atoms with Crippen molar-refractivity contribution in [3.8, 4) is 0 Å². The molecule has 1 saturated heterocycles. The number of piperidine rings is 1. The van der Waals surface area contributed by atoms with Crippen molar-refractivity contribution < 1.29 is 68.7 Å². The number of ketones is 1. The molecule has 1 fully saturated rings. The number of amides is 2. The van der Waals surface area contributed by atoms with Crippen molar-refractivity contribution in [1.82, 2.24) is 9.80 Å². The number of hydrogen-bond acceptors (Lipinski definition) is 12. The number of carbonyl (C=O) groups is 5. The number of carbonyl (C=O) groups excluding carboxylic acids is 5. The van der Waals surface area contributed by atoms with E-state index >= 15 is 0 Å². The smallest absolute Gasteiger partial charge is 0.468 e. The van der Waals surface area contributed by atoms with Gasteiger partial charge in [-0.25, -0.2) is 14.4 Å². The lowest BCUT2D eigenvalue weighted by Gasteiger charge is -2.32. The highest BCUT2D eigenvalue weighted by atomic mass is 32.2. The number of rotatable bonds is 4. The van der Waals surface area contributed by atoms with Gasteiger partial charge in [0.2, 0.25) is 0 Å². The van der Waals surface area contributed by atoms with E-state index in [-0.39, 0.29) is 31.8 Å². The summed E-state index contributed by atoms with van der Waals surface area (Å²) in [6.45, 7) is 9.71. The Labute approximate surface area is 247 Å². The van der Waals surface area contributed by atoms with Crippen LogP contribution >= 0.6 is 0 Å². The van der Waals surface area contributed by atoms with Crippen LogP contribution in [0.5, 0.6) is 0 Å². The van der Waals surface area contributed by atoms with E-state index < -0.39 is 81.2 Å². The maximum Gasteiger partial charge on any atom is 0.534 e. The van der Waals surface area contributed by atoms with Gasteiger partial charge in [-0.2, -0.15) is 21.6 Å². The van der Waals surface area contributed by atoms with Crippen molar-refractivity contribution in [1.29, 1.82) is 0 Å². The largest absolute Gasteiger partial charge is 0.534 e. The number of halogens is 3. The topological polar surface area (TPSA) is 172 Å². The van der Waals surface area contributed by atoms with Gasteiger partial charge in [0.25, 0.3) is 0 Å². The van der Waals surface area contributed by atoms with Gasteiger partial charge < -0.3 is 32.9 Å². The zero-order chi connectivity index (χ0) is 33.6. The Hall–Kier alpha value is -3.57. The Kier molecular flexibility index (Phi) is 12.4. The van der Waals surface area contributed by atoms with Gasteiger partial charge in [0.05, 0.1) is 26.3 Å². The summed E-state index contributed by atoms with van der Waals surface area (Å²) < 4.78 is 83.0. The summed E-state index contributed by atoms with van der Waals surface area (Å²) in [6.07, 6.45) is -1.60. The zero-order valence-electron chi connectivity index (χ0n) is 25.2. The molecule has 0 saturated carbocycles. The first kappa shape index (κ1) is 37.5. The van der Waals surface area contributed by atoms with Crippen LogP contribution in [-0.2, 0) is 47.6 Å². The lowest BCUT2D eigenvalue weighted by molar-refractivity contribution is -0.151. The molecule has 0 N–H and O–H groups in total. The summed E-state index contributed by atoms with van der Waals surface area (Å²) in [7, 11) is -3.76. The quantitative estimate of drug-likeness (QED) is 0.144. The lowest BCUT2D eigenvalue weighted by atomic mass is 9.97. The van der Waals surface area contributed by atoms with Gasteiger partial charge in [-0.1, -0.05) is 0 Å². The third kappa shape index (κ3) is 11.6. The molecule has 0 radical (unpaired) electrons. The van der Waals surface area contributed by atoms with E-state index in [2.05, 4.69) is 13.7 Å². The molecule has 1 atom stereocenters. The predicted molar refractivity (Wildman–Crippen MR) is 140 cm³/mol. The molecule has 2 amide bonds. The van der Waals surface area contributed by atoms with E-state index in [4.69, 9.17) is 9.47 Å². The van der Waals surface area contributed by atoms with Crippen molar-refractivity contribution in [3.63, 3.8) is 0 Å². The number of hydrogen-bond donors (Lipinski definition) is 0. The summed E-state index contributed by atoms with van der Waals surface area (Å²) >= 11 is 0. The third-order valence-corrected chi connectivity index (χ3v) is 6.42. The van der Waals surface area contributed by atoms with Gasteiger partial charge in [-0.05, 0) is 41.5 Å². The van der Waals surface area contributed by atoms with Crippen molar-refractivity contribution in [3.05, 3.63) is 11.3 Å². The van der Waals surface area contributed by atoms with Crippen LogP contribution in [-0.4, -0.2) is 105 Å². The normalized spacial score (nSPS) is 18.2. The molecule has 246 valence electrons. The fourth-order valence-corrected chi connectivity index (χ4v) is 4.02. The minimum Gasteiger partial charge on any atom is -0.468 e. The first-order chi connectivity index (χ1) is 19.4. The van der Waals surface area contributed by atoms with Gasteiger partial charge in [-0.15, -0.1) is 0 Å². The number of methoxy groups -OCH3 is 2. The first-order valence-electron chi connectivity index (χ1n) is 12.8. The highest BCUT2D eigenvalue weighted by molar-refractivity contribution is 7.87. The molecule has 2 aliphatic rings. The molecule has 2 aliphatic heterocycles. The van der Waals surface area contributed by atoms with Crippen LogP contribution in [0.4, 0.5) is 22.8 Å². The van der Waals surface area contributed by atoms with E-state index in [1.54, 1.807) is 41.5 Å². The average Bonchev–Trinajstić information content (AvgIpc) is 2.85. The second-order valence-corrected chi connectivity index (χ2v) is 12.8. The molecule has 43 heavy (non-hydrogen) atoms. The molecule has 0 spiro atoms. The van der Waals surface area contributed by atoms with Crippen LogP contribution in [0.1, 0.15) is 54.4 Å². The van der Waals surface area contributed by atoms with E-state index in [1.165, 1.54) is 12.0 Å². The fourth-order valence-electron chi connectivity index (χ4n) is 3.47. The lowest BCUT2D eigenvalue weighted by Crippen LogP contribution is -2.48. The third-order valence-electron chi connectivity index (χ3n) is 5.43. The number of ether oxygens (including phenoxy) is 4. The Morgan fingerprint density at radius 1 is 0.814 bits per heavy atom. The zero-order valence-corrected chi connectivity index (χ0v) is 26.0. The molecular weight excluding hydrogens is 609 g/mol. The van der Waals surface area contributed by atoms with Gasteiger partial charge in [-0.3, -0.25) is 9.59 Å². The summed E-state index contributed by atoms with van der Waals surface area (Å²) in [5, 5.41) is 0.